The molecule has 0 saturated carbocycles. The molecule has 2 atom stereocenters. The maximum atomic E-state index is 12.5. The lowest BCUT2D eigenvalue weighted by atomic mass is 10.1. The molecule has 0 amide bonds. The zero-order valence-electron chi connectivity index (χ0n) is 6.96. The number of rotatable bonds is 3. The highest BCUT2D eigenvalue weighted by Crippen LogP contribution is 2.16. The highest BCUT2D eigenvalue weighted by Gasteiger charge is 2.25. The standard InChI is InChI=1S/C8H8FNO4/c9-5-3-4(1-2-10-5)6(11)7(12)8(13)14/h1-3,6-7,11-12H,(H,13,14). The Labute approximate surface area is 78.5 Å². The predicted octanol–water partition coefficient (Wildman–Crippen LogP) is -0.300. The van der Waals surface area contributed by atoms with E-state index in [2.05, 4.69) is 4.98 Å². The SMILES string of the molecule is O=C(O)C(O)C(O)c1ccnc(F)c1. The lowest BCUT2D eigenvalue weighted by molar-refractivity contribution is -0.153. The molecule has 2 unspecified atom stereocenters. The molecule has 5 nitrogen and oxygen atoms in total. The molecule has 1 aromatic heterocycles. The molecular formula is C8H8FNO4. The maximum absolute atomic E-state index is 12.5. The van der Waals surface area contributed by atoms with Crippen LogP contribution in [0, 0.1) is 5.95 Å². The van der Waals surface area contributed by atoms with Crippen molar-refractivity contribution in [3.05, 3.63) is 29.8 Å². The van der Waals surface area contributed by atoms with Crippen molar-refractivity contribution in [1.29, 1.82) is 0 Å². The number of pyridine rings is 1. The van der Waals surface area contributed by atoms with Crippen LogP contribution in [-0.2, 0) is 4.79 Å². The van der Waals surface area contributed by atoms with Gasteiger partial charge in [-0.2, -0.15) is 4.39 Å². The third-order valence-electron chi connectivity index (χ3n) is 1.64. The van der Waals surface area contributed by atoms with Crippen LogP contribution in [0.1, 0.15) is 11.7 Å². The lowest BCUT2D eigenvalue weighted by Gasteiger charge is -2.13. The predicted molar refractivity (Wildman–Crippen MR) is 42.8 cm³/mol. The average Bonchev–Trinajstić information content (AvgIpc) is 2.15. The van der Waals surface area contributed by atoms with Gasteiger partial charge in [-0.3, -0.25) is 0 Å². The van der Waals surface area contributed by atoms with Crippen molar-refractivity contribution < 1.29 is 24.5 Å². The van der Waals surface area contributed by atoms with E-state index >= 15 is 0 Å². The third kappa shape index (κ3) is 2.24. The van der Waals surface area contributed by atoms with Crippen LogP contribution in [0.4, 0.5) is 4.39 Å². The van der Waals surface area contributed by atoms with Crippen LogP contribution in [0.15, 0.2) is 18.3 Å². The van der Waals surface area contributed by atoms with Gasteiger partial charge in [0.25, 0.3) is 0 Å². The normalized spacial score (nSPS) is 14.8. The second kappa shape index (κ2) is 4.12. The number of carbonyl (C=O) groups is 1. The first kappa shape index (κ1) is 10.6. The molecule has 6 heteroatoms. The minimum atomic E-state index is -1.98. The van der Waals surface area contributed by atoms with E-state index in [9.17, 15) is 14.3 Å². The monoisotopic (exact) mass is 201 g/mol. The van der Waals surface area contributed by atoms with Gasteiger partial charge < -0.3 is 15.3 Å². The van der Waals surface area contributed by atoms with Crippen molar-refractivity contribution in [2.24, 2.45) is 0 Å². The number of aliphatic hydroxyl groups is 2. The molecule has 0 aliphatic carbocycles. The Bertz CT molecular complexity index is 344. The number of nitrogens with zero attached hydrogens (tertiary/aromatic N) is 1. The quantitative estimate of drug-likeness (QED) is 0.584. The fourth-order valence-electron chi connectivity index (χ4n) is 0.919. The highest BCUT2D eigenvalue weighted by molar-refractivity contribution is 5.73. The third-order valence-corrected chi connectivity index (χ3v) is 1.64. The molecule has 1 aromatic rings. The Morgan fingerprint density at radius 1 is 1.50 bits per heavy atom. The summed E-state index contributed by atoms with van der Waals surface area (Å²) < 4.78 is 12.5. The molecule has 0 aliphatic rings. The number of aliphatic carboxylic acids is 1. The topological polar surface area (TPSA) is 90.7 Å². The minimum Gasteiger partial charge on any atom is -0.479 e. The summed E-state index contributed by atoms with van der Waals surface area (Å²) in [5.74, 6) is -2.42. The number of halogens is 1. The van der Waals surface area contributed by atoms with Crippen LogP contribution in [-0.4, -0.2) is 32.4 Å². The highest BCUT2D eigenvalue weighted by atomic mass is 19.1. The Hall–Kier alpha value is -1.53. The largest absolute Gasteiger partial charge is 0.479 e. The summed E-state index contributed by atoms with van der Waals surface area (Å²) in [6, 6.07) is 2.08. The second-order valence-corrected chi connectivity index (χ2v) is 2.64. The molecule has 0 aliphatic heterocycles. The van der Waals surface area contributed by atoms with E-state index in [1.165, 1.54) is 6.07 Å². The van der Waals surface area contributed by atoms with Crippen molar-refractivity contribution >= 4 is 5.97 Å². The van der Waals surface area contributed by atoms with Gasteiger partial charge in [0, 0.05) is 6.20 Å². The van der Waals surface area contributed by atoms with Gasteiger partial charge >= 0.3 is 5.97 Å². The molecule has 76 valence electrons. The van der Waals surface area contributed by atoms with Gasteiger partial charge in [0.1, 0.15) is 6.10 Å². The summed E-state index contributed by atoms with van der Waals surface area (Å²) in [5, 5.41) is 26.6. The summed E-state index contributed by atoms with van der Waals surface area (Å²) >= 11 is 0. The Kier molecular flexibility index (Phi) is 3.10. The van der Waals surface area contributed by atoms with Crippen molar-refractivity contribution in [2.45, 2.75) is 12.2 Å². The summed E-state index contributed by atoms with van der Waals surface area (Å²) in [5.41, 5.74) is -0.0348. The van der Waals surface area contributed by atoms with E-state index in [0.29, 0.717) is 0 Å². The molecule has 0 bridgehead atoms. The number of hydrogen-bond donors (Lipinski definition) is 3. The first-order valence-electron chi connectivity index (χ1n) is 3.72. The van der Waals surface area contributed by atoms with Gasteiger partial charge in [-0.1, -0.05) is 0 Å². The smallest absolute Gasteiger partial charge is 0.335 e. The van der Waals surface area contributed by atoms with Gasteiger partial charge in [0.05, 0.1) is 0 Å². The van der Waals surface area contributed by atoms with Crippen molar-refractivity contribution in [2.75, 3.05) is 0 Å². The number of aliphatic hydroxyl groups excluding tert-OH is 2. The minimum absolute atomic E-state index is 0.0348. The first-order valence-corrected chi connectivity index (χ1v) is 3.72. The van der Waals surface area contributed by atoms with Crippen LogP contribution in [0.5, 0.6) is 0 Å². The van der Waals surface area contributed by atoms with Crippen LogP contribution >= 0.6 is 0 Å². The number of aromatic nitrogens is 1. The molecule has 0 fully saturated rings. The number of carboxylic acids is 1. The zero-order chi connectivity index (χ0) is 10.7. The molecule has 0 aromatic carbocycles. The summed E-state index contributed by atoms with van der Waals surface area (Å²) in [6.45, 7) is 0. The average molecular weight is 201 g/mol. The van der Waals surface area contributed by atoms with E-state index in [0.717, 1.165) is 12.3 Å². The van der Waals surface area contributed by atoms with Crippen molar-refractivity contribution in [3.63, 3.8) is 0 Å². The second-order valence-electron chi connectivity index (χ2n) is 2.64. The molecule has 1 rings (SSSR count). The van der Waals surface area contributed by atoms with Gasteiger partial charge in [-0.25, -0.2) is 9.78 Å². The molecule has 0 spiro atoms. The Morgan fingerprint density at radius 3 is 2.64 bits per heavy atom. The first-order chi connectivity index (χ1) is 6.52. The Balaban J connectivity index is 2.89. The number of carboxylic acid groups (broad SMARTS) is 1. The molecule has 3 N–H and O–H groups in total. The van der Waals surface area contributed by atoms with Crippen molar-refractivity contribution in [1.82, 2.24) is 4.98 Å². The van der Waals surface area contributed by atoms with Gasteiger partial charge in [0.2, 0.25) is 5.95 Å². The zero-order valence-corrected chi connectivity index (χ0v) is 6.96. The van der Waals surface area contributed by atoms with E-state index in [-0.39, 0.29) is 5.56 Å². The van der Waals surface area contributed by atoms with E-state index in [1.54, 1.807) is 0 Å². The van der Waals surface area contributed by atoms with Crippen molar-refractivity contribution in [3.8, 4) is 0 Å². The fourth-order valence-corrected chi connectivity index (χ4v) is 0.919. The fraction of sp³-hybridized carbons (Fsp3) is 0.250. The van der Waals surface area contributed by atoms with Gasteiger partial charge in [0.15, 0.2) is 6.10 Å². The van der Waals surface area contributed by atoms with E-state index in [1.807, 2.05) is 0 Å². The molecule has 0 radical (unpaired) electrons. The van der Waals surface area contributed by atoms with E-state index in [4.69, 9.17) is 10.2 Å². The van der Waals surface area contributed by atoms with Crippen LogP contribution in [0.3, 0.4) is 0 Å². The molecule has 14 heavy (non-hydrogen) atoms. The summed E-state index contributed by atoms with van der Waals surface area (Å²) in [7, 11) is 0. The summed E-state index contributed by atoms with van der Waals surface area (Å²) in [6.07, 6.45) is -2.57. The van der Waals surface area contributed by atoms with Gasteiger partial charge in [-0.15, -0.1) is 0 Å². The van der Waals surface area contributed by atoms with Crippen LogP contribution < -0.4 is 0 Å². The lowest BCUT2D eigenvalue weighted by Crippen LogP contribution is -2.27. The Morgan fingerprint density at radius 2 is 2.14 bits per heavy atom. The molecule has 1 heterocycles. The van der Waals surface area contributed by atoms with E-state index < -0.39 is 24.1 Å². The van der Waals surface area contributed by atoms with Crippen LogP contribution in [0.25, 0.3) is 0 Å². The van der Waals surface area contributed by atoms with Gasteiger partial charge in [-0.05, 0) is 17.7 Å². The molecular weight excluding hydrogens is 193 g/mol. The van der Waals surface area contributed by atoms with Crippen LogP contribution in [0.2, 0.25) is 0 Å². The summed E-state index contributed by atoms with van der Waals surface area (Å²) in [4.78, 5) is 13.5. The maximum Gasteiger partial charge on any atom is 0.335 e. The number of hydrogen-bond acceptors (Lipinski definition) is 4. The molecule has 0 saturated heterocycles.